The molecular formula is C23H19NO3. The van der Waals surface area contributed by atoms with Gasteiger partial charge in [0.1, 0.15) is 0 Å². The van der Waals surface area contributed by atoms with Crippen molar-refractivity contribution in [3.8, 4) is 0 Å². The van der Waals surface area contributed by atoms with Gasteiger partial charge in [-0.2, -0.15) is 0 Å². The number of para-hydroxylation sites is 1. The fraction of sp³-hybridized carbons (Fsp3) is 0.130. The Kier molecular flexibility index (Phi) is 4.24. The van der Waals surface area contributed by atoms with Gasteiger partial charge in [-0.05, 0) is 35.4 Å². The number of fused-ring (bicyclic) bond motifs is 2. The molecule has 0 N–H and O–H groups in total. The first-order valence-corrected chi connectivity index (χ1v) is 8.80. The smallest absolute Gasteiger partial charge is 0.310 e. The second kappa shape index (κ2) is 6.72. The van der Waals surface area contributed by atoms with Crippen LogP contribution in [-0.4, -0.2) is 23.6 Å². The zero-order valence-corrected chi connectivity index (χ0v) is 15.2. The molecule has 0 aliphatic heterocycles. The van der Waals surface area contributed by atoms with Crippen LogP contribution in [0.5, 0.6) is 0 Å². The van der Waals surface area contributed by atoms with E-state index in [0.717, 1.165) is 32.9 Å². The normalized spacial score (nSPS) is 11.0. The van der Waals surface area contributed by atoms with E-state index in [-0.39, 0.29) is 18.3 Å². The second-order valence-corrected chi connectivity index (χ2v) is 6.50. The van der Waals surface area contributed by atoms with Gasteiger partial charge >= 0.3 is 5.97 Å². The minimum Gasteiger partial charge on any atom is -0.469 e. The van der Waals surface area contributed by atoms with Crippen molar-refractivity contribution in [2.75, 3.05) is 7.11 Å². The highest BCUT2D eigenvalue weighted by Crippen LogP contribution is 2.29. The molecule has 27 heavy (non-hydrogen) atoms. The van der Waals surface area contributed by atoms with Gasteiger partial charge in [-0.15, -0.1) is 0 Å². The van der Waals surface area contributed by atoms with Crippen molar-refractivity contribution >= 4 is 33.6 Å². The van der Waals surface area contributed by atoms with E-state index in [1.807, 2.05) is 73.7 Å². The fourth-order valence-corrected chi connectivity index (χ4v) is 3.67. The molecule has 4 heteroatoms. The summed E-state index contributed by atoms with van der Waals surface area (Å²) >= 11 is 0. The number of carbonyl (C=O) groups excluding carboxylic acids is 2. The monoisotopic (exact) mass is 357 g/mol. The maximum Gasteiger partial charge on any atom is 0.310 e. The topological polar surface area (TPSA) is 48.3 Å². The predicted molar refractivity (Wildman–Crippen MR) is 106 cm³/mol. The molecule has 0 radical (unpaired) electrons. The van der Waals surface area contributed by atoms with E-state index in [1.54, 1.807) is 4.57 Å². The average molecular weight is 357 g/mol. The van der Waals surface area contributed by atoms with Gasteiger partial charge in [-0.3, -0.25) is 14.2 Å². The standard InChI is InChI=1S/C23H19NO3/c1-15-20(14-22(25)27-2)18-11-5-6-13-21(18)24(15)23(26)19-12-7-9-16-8-3-4-10-17(16)19/h3-13H,14H2,1-2H3. The first kappa shape index (κ1) is 17.0. The van der Waals surface area contributed by atoms with Crippen LogP contribution in [0.25, 0.3) is 21.7 Å². The van der Waals surface area contributed by atoms with Gasteiger partial charge in [-0.25, -0.2) is 0 Å². The molecule has 0 atom stereocenters. The number of hydrogen-bond donors (Lipinski definition) is 0. The summed E-state index contributed by atoms with van der Waals surface area (Å²) in [7, 11) is 1.37. The molecule has 0 spiro atoms. The summed E-state index contributed by atoms with van der Waals surface area (Å²) in [6.07, 6.45) is 0.138. The summed E-state index contributed by atoms with van der Waals surface area (Å²) in [5.41, 5.74) is 3.03. The Hall–Kier alpha value is -3.40. The Morgan fingerprint density at radius 2 is 1.56 bits per heavy atom. The lowest BCUT2D eigenvalue weighted by Crippen LogP contribution is -2.14. The number of hydrogen-bond acceptors (Lipinski definition) is 3. The number of esters is 1. The van der Waals surface area contributed by atoms with Crippen molar-refractivity contribution in [3.63, 3.8) is 0 Å². The summed E-state index contributed by atoms with van der Waals surface area (Å²) in [6.45, 7) is 1.88. The minimum absolute atomic E-state index is 0.100. The molecule has 1 heterocycles. The number of benzene rings is 3. The van der Waals surface area contributed by atoms with Crippen molar-refractivity contribution in [2.24, 2.45) is 0 Å². The summed E-state index contributed by atoms with van der Waals surface area (Å²) in [6, 6.07) is 21.2. The van der Waals surface area contributed by atoms with E-state index in [4.69, 9.17) is 4.74 Å². The van der Waals surface area contributed by atoms with Crippen LogP contribution in [0.4, 0.5) is 0 Å². The first-order chi connectivity index (χ1) is 13.1. The van der Waals surface area contributed by atoms with Crippen LogP contribution in [0.2, 0.25) is 0 Å². The third-order valence-electron chi connectivity index (χ3n) is 5.01. The Balaban J connectivity index is 1.95. The molecule has 0 aliphatic carbocycles. The summed E-state index contributed by atoms with van der Waals surface area (Å²) < 4.78 is 6.54. The van der Waals surface area contributed by atoms with E-state index >= 15 is 0 Å². The highest BCUT2D eigenvalue weighted by Gasteiger charge is 2.22. The SMILES string of the molecule is COC(=O)Cc1c(C)n(C(=O)c2cccc3ccccc23)c2ccccc12. The molecule has 134 valence electrons. The molecule has 3 aromatic carbocycles. The van der Waals surface area contributed by atoms with Crippen LogP contribution in [0.3, 0.4) is 0 Å². The Morgan fingerprint density at radius 1 is 0.889 bits per heavy atom. The van der Waals surface area contributed by atoms with E-state index in [9.17, 15) is 9.59 Å². The maximum absolute atomic E-state index is 13.5. The average Bonchev–Trinajstić information content (AvgIpc) is 2.98. The van der Waals surface area contributed by atoms with Crippen molar-refractivity contribution < 1.29 is 14.3 Å². The molecule has 1 aromatic heterocycles. The summed E-state index contributed by atoms with van der Waals surface area (Å²) in [5.74, 6) is -0.421. The lowest BCUT2D eigenvalue weighted by atomic mass is 10.0. The van der Waals surface area contributed by atoms with Crippen LogP contribution >= 0.6 is 0 Å². The van der Waals surface area contributed by atoms with Crippen molar-refractivity contribution in [3.05, 3.63) is 83.6 Å². The highest BCUT2D eigenvalue weighted by molar-refractivity contribution is 6.11. The van der Waals surface area contributed by atoms with Gasteiger partial charge in [-0.1, -0.05) is 54.6 Å². The molecule has 0 unspecified atom stereocenters. The quantitative estimate of drug-likeness (QED) is 0.507. The number of carbonyl (C=O) groups is 2. The van der Waals surface area contributed by atoms with E-state index < -0.39 is 0 Å². The maximum atomic E-state index is 13.5. The van der Waals surface area contributed by atoms with Gasteiger partial charge in [0, 0.05) is 16.6 Å². The second-order valence-electron chi connectivity index (χ2n) is 6.50. The highest BCUT2D eigenvalue weighted by atomic mass is 16.5. The fourth-order valence-electron chi connectivity index (χ4n) is 3.67. The number of ether oxygens (including phenoxy) is 1. The first-order valence-electron chi connectivity index (χ1n) is 8.80. The minimum atomic E-state index is -0.321. The van der Waals surface area contributed by atoms with Crippen LogP contribution < -0.4 is 0 Å². The molecule has 0 amide bonds. The Bertz CT molecular complexity index is 1180. The molecular weight excluding hydrogens is 338 g/mol. The van der Waals surface area contributed by atoms with Gasteiger partial charge < -0.3 is 4.74 Å². The zero-order valence-electron chi connectivity index (χ0n) is 15.2. The van der Waals surface area contributed by atoms with Crippen molar-refractivity contribution in [1.82, 2.24) is 4.57 Å². The van der Waals surface area contributed by atoms with Crippen molar-refractivity contribution in [1.29, 1.82) is 0 Å². The van der Waals surface area contributed by atoms with Gasteiger partial charge in [0.2, 0.25) is 0 Å². The zero-order chi connectivity index (χ0) is 19.0. The predicted octanol–water partition coefficient (Wildman–Crippen LogP) is 4.51. The molecule has 4 aromatic rings. The lowest BCUT2D eigenvalue weighted by Gasteiger charge is -2.10. The van der Waals surface area contributed by atoms with Gasteiger partial charge in [0.15, 0.2) is 0 Å². The third-order valence-corrected chi connectivity index (χ3v) is 5.01. The third kappa shape index (κ3) is 2.79. The van der Waals surface area contributed by atoms with Gasteiger partial charge in [0.25, 0.3) is 5.91 Å². The van der Waals surface area contributed by atoms with Gasteiger partial charge in [0.05, 0.1) is 19.0 Å². The largest absolute Gasteiger partial charge is 0.469 e. The molecule has 0 saturated carbocycles. The Morgan fingerprint density at radius 3 is 2.33 bits per heavy atom. The molecule has 0 fully saturated rings. The number of nitrogens with zero attached hydrogens (tertiary/aromatic N) is 1. The molecule has 0 saturated heterocycles. The van der Waals surface area contributed by atoms with Crippen LogP contribution in [0, 0.1) is 6.92 Å². The molecule has 0 bridgehead atoms. The molecule has 0 aliphatic rings. The van der Waals surface area contributed by atoms with Crippen LogP contribution in [-0.2, 0) is 16.0 Å². The Labute approximate surface area is 157 Å². The van der Waals surface area contributed by atoms with E-state index in [1.165, 1.54) is 7.11 Å². The number of aromatic nitrogens is 1. The summed E-state index contributed by atoms with van der Waals surface area (Å²) in [5, 5.41) is 2.83. The van der Waals surface area contributed by atoms with Crippen molar-refractivity contribution in [2.45, 2.75) is 13.3 Å². The lowest BCUT2D eigenvalue weighted by molar-refractivity contribution is -0.139. The van der Waals surface area contributed by atoms with E-state index in [2.05, 4.69) is 0 Å². The van der Waals surface area contributed by atoms with Crippen LogP contribution in [0.15, 0.2) is 66.7 Å². The van der Waals surface area contributed by atoms with E-state index in [0.29, 0.717) is 5.56 Å². The molecule has 4 rings (SSSR count). The number of methoxy groups -OCH3 is 1. The number of rotatable bonds is 3. The van der Waals surface area contributed by atoms with Crippen LogP contribution in [0.1, 0.15) is 21.6 Å². The summed E-state index contributed by atoms with van der Waals surface area (Å²) in [4.78, 5) is 25.4. The molecule has 4 nitrogen and oxygen atoms in total.